The zero-order valence-corrected chi connectivity index (χ0v) is 13.6. The van der Waals surface area contributed by atoms with E-state index in [-0.39, 0.29) is 12.2 Å². The Hall–Kier alpha value is -0.610. The summed E-state index contributed by atoms with van der Waals surface area (Å²) >= 11 is 0. The molecule has 4 heteroatoms. The molecule has 0 aromatic carbocycles. The first-order valence-corrected chi connectivity index (χ1v) is 8.06. The Balaban J connectivity index is 3.27. The summed E-state index contributed by atoms with van der Waals surface area (Å²) in [6.45, 7) is 2.66. The second-order valence-corrected chi connectivity index (χ2v) is 5.28. The highest BCUT2D eigenvalue weighted by Crippen LogP contribution is 2.10. The van der Waals surface area contributed by atoms with Crippen molar-refractivity contribution in [2.45, 2.75) is 77.4 Å². The molecule has 0 saturated heterocycles. The van der Waals surface area contributed by atoms with E-state index in [9.17, 15) is 4.79 Å². The van der Waals surface area contributed by atoms with Crippen molar-refractivity contribution in [1.29, 1.82) is 0 Å². The summed E-state index contributed by atoms with van der Waals surface area (Å²) in [5.74, 6) is 0.0899. The average molecular weight is 287 g/mol. The quantitative estimate of drug-likeness (QED) is 0.392. The highest BCUT2D eigenvalue weighted by molar-refractivity contribution is 5.75. The molecule has 0 rings (SSSR count). The first-order chi connectivity index (χ1) is 9.74. The van der Waals surface area contributed by atoms with Gasteiger partial charge in [-0.25, -0.2) is 0 Å². The van der Waals surface area contributed by atoms with Gasteiger partial charge in [0.2, 0.25) is 5.91 Å². The minimum atomic E-state index is -0.345. The molecular weight excluding hydrogens is 254 g/mol. The smallest absolute Gasteiger partial charge is 0.220 e. The third-order valence-corrected chi connectivity index (χ3v) is 3.50. The maximum absolute atomic E-state index is 11.6. The second kappa shape index (κ2) is 14.8. The molecule has 4 nitrogen and oxygen atoms in total. The van der Waals surface area contributed by atoms with Crippen LogP contribution in [-0.2, 0) is 14.3 Å². The Morgan fingerprint density at radius 2 is 1.40 bits per heavy atom. The van der Waals surface area contributed by atoms with E-state index in [2.05, 4.69) is 12.2 Å². The summed E-state index contributed by atoms with van der Waals surface area (Å²) in [5.41, 5.74) is 0. The van der Waals surface area contributed by atoms with Crippen LogP contribution in [0.3, 0.4) is 0 Å². The van der Waals surface area contributed by atoms with Crippen LogP contribution < -0.4 is 5.32 Å². The molecule has 0 bridgehead atoms. The van der Waals surface area contributed by atoms with Gasteiger partial charge in [-0.2, -0.15) is 0 Å². The van der Waals surface area contributed by atoms with Crippen molar-refractivity contribution in [2.24, 2.45) is 0 Å². The summed E-state index contributed by atoms with van der Waals surface area (Å²) in [5, 5.41) is 2.82. The van der Waals surface area contributed by atoms with E-state index in [4.69, 9.17) is 9.47 Å². The minimum absolute atomic E-state index is 0.0899. The van der Waals surface area contributed by atoms with Crippen molar-refractivity contribution >= 4 is 5.91 Å². The fourth-order valence-corrected chi connectivity index (χ4v) is 2.14. The molecule has 0 saturated carbocycles. The number of hydrogen-bond acceptors (Lipinski definition) is 3. The summed E-state index contributed by atoms with van der Waals surface area (Å²) in [6.07, 6.45) is 11.7. The average Bonchev–Trinajstić information content (AvgIpc) is 2.46. The van der Waals surface area contributed by atoms with Crippen LogP contribution in [0, 0.1) is 0 Å². The molecule has 1 N–H and O–H groups in total. The van der Waals surface area contributed by atoms with Gasteiger partial charge in [0.1, 0.15) is 0 Å². The number of ether oxygens (including phenoxy) is 2. The second-order valence-electron chi connectivity index (χ2n) is 5.28. The maximum atomic E-state index is 11.6. The zero-order chi connectivity index (χ0) is 15.1. The lowest BCUT2D eigenvalue weighted by Crippen LogP contribution is -2.33. The van der Waals surface area contributed by atoms with Crippen molar-refractivity contribution < 1.29 is 14.3 Å². The third kappa shape index (κ3) is 12.4. The van der Waals surface area contributed by atoms with Crippen LogP contribution in [0.1, 0.15) is 71.1 Å². The van der Waals surface area contributed by atoms with Crippen LogP contribution in [0.4, 0.5) is 0 Å². The molecule has 0 unspecified atom stereocenters. The molecule has 0 aromatic rings. The fourth-order valence-electron chi connectivity index (χ4n) is 2.14. The Morgan fingerprint density at radius 3 is 1.90 bits per heavy atom. The maximum Gasteiger partial charge on any atom is 0.220 e. The molecule has 0 aliphatic rings. The van der Waals surface area contributed by atoms with Gasteiger partial charge in [0.05, 0.1) is 6.54 Å². The first-order valence-electron chi connectivity index (χ1n) is 8.06. The normalized spacial score (nSPS) is 11.0. The number of unbranched alkanes of at least 4 members (excludes halogenated alkanes) is 8. The predicted molar refractivity (Wildman–Crippen MR) is 82.7 cm³/mol. The molecule has 0 fully saturated rings. The van der Waals surface area contributed by atoms with Crippen molar-refractivity contribution in [2.75, 3.05) is 20.8 Å². The molecule has 0 aliphatic heterocycles. The molecule has 120 valence electrons. The highest BCUT2D eigenvalue weighted by atomic mass is 16.7. The van der Waals surface area contributed by atoms with Gasteiger partial charge < -0.3 is 14.8 Å². The van der Waals surface area contributed by atoms with Crippen LogP contribution in [0.5, 0.6) is 0 Å². The van der Waals surface area contributed by atoms with Crippen LogP contribution >= 0.6 is 0 Å². The van der Waals surface area contributed by atoms with Gasteiger partial charge in [-0.3, -0.25) is 4.79 Å². The van der Waals surface area contributed by atoms with E-state index in [0.717, 1.165) is 12.8 Å². The van der Waals surface area contributed by atoms with Gasteiger partial charge in [-0.15, -0.1) is 0 Å². The Morgan fingerprint density at radius 1 is 0.900 bits per heavy atom. The molecular formula is C16H33NO3. The topological polar surface area (TPSA) is 47.6 Å². The van der Waals surface area contributed by atoms with Gasteiger partial charge in [-0.05, 0) is 6.42 Å². The largest absolute Gasteiger partial charge is 0.354 e. The zero-order valence-electron chi connectivity index (χ0n) is 13.6. The Kier molecular flexibility index (Phi) is 14.3. The first kappa shape index (κ1) is 19.4. The molecule has 1 amide bonds. The van der Waals surface area contributed by atoms with Crippen LogP contribution in [0.25, 0.3) is 0 Å². The molecule has 0 spiro atoms. The van der Waals surface area contributed by atoms with E-state index in [0.29, 0.717) is 13.0 Å². The monoisotopic (exact) mass is 287 g/mol. The van der Waals surface area contributed by atoms with Crippen LogP contribution in [0.2, 0.25) is 0 Å². The van der Waals surface area contributed by atoms with Gasteiger partial charge in [0.15, 0.2) is 6.29 Å². The number of nitrogens with one attached hydrogen (secondary N) is 1. The molecule has 0 atom stereocenters. The van der Waals surface area contributed by atoms with Crippen LogP contribution in [-0.4, -0.2) is 33.0 Å². The number of amides is 1. The Bertz CT molecular complexity index is 218. The predicted octanol–water partition coefficient (Wildman–Crippen LogP) is 3.64. The number of carbonyl (C=O) groups is 1. The summed E-state index contributed by atoms with van der Waals surface area (Å²) in [7, 11) is 3.14. The van der Waals surface area contributed by atoms with Gasteiger partial charge in [-0.1, -0.05) is 58.3 Å². The van der Waals surface area contributed by atoms with Crippen molar-refractivity contribution in [1.82, 2.24) is 5.32 Å². The number of rotatable bonds is 14. The third-order valence-electron chi connectivity index (χ3n) is 3.50. The summed E-state index contributed by atoms with van der Waals surface area (Å²) < 4.78 is 10.0. The standard InChI is InChI=1S/C16H33NO3/c1-4-5-6-7-8-9-10-11-12-13-15(18)17-14-16(19-2)20-3/h16H,4-14H2,1-3H3,(H,17,18). The Labute approximate surface area is 124 Å². The number of carbonyl (C=O) groups excluding carboxylic acids is 1. The van der Waals surface area contributed by atoms with E-state index in [1.807, 2.05) is 0 Å². The number of hydrogen-bond donors (Lipinski definition) is 1. The van der Waals surface area contributed by atoms with Crippen molar-refractivity contribution in [3.63, 3.8) is 0 Å². The number of methoxy groups -OCH3 is 2. The van der Waals surface area contributed by atoms with Crippen molar-refractivity contribution in [3.8, 4) is 0 Å². The molecule has 0 aromatic heterocycles. The van der Waals surface area contributed by atoms with E-state index in [1.165, 1.54) is 44.9 Å². The summed E-state index contributed by atoms with van der Waals surface area (Å²) in [6, 6.07) is 0. The van der Waals surface area contributed by atoms with E-state index in [1.54, 1.807) is 14.2 Å². The van der Waals surface area contributed by atoms with E-state index < -0.39 is 0 Å². The molecule has 0 radical (unpaired) electrons. The molecule has 0 aliphatic carbocycles. The SMILES string of the molecule is CCCCCCCCCCCC(=O)NCC(OC)OC. The molecule has 20 heavy (non-hydrogen) atoms. The minimum Gasteiger partial charge on any atom is -0.354 e. The lowest BCUT2D eigenvalue weighted by molar-refractivity contribution is -0.127. The lowest BCUT2D eigenvalue weighted by Gasteiger charge is -2.13. The van der Waals surface area contributed by atoms with Crippen LogP contribution in [0.15, 0.2) is 0 Å². The van der Waals surface area contributed by atoms with Crippen molar-refractivity contribution in [3.05, 3.63) is 0 Å². The molecule has 0 heterocycles. The van der Waals surface area contributed by atoms with Gasteiger partial charge >= 0.3 is 0 Å². The van der Waals surface area contributed by atoms with E-state index >= 15 is 0 Å². The lowest BCUT2D eigenvalue weighted by atomic mass is 10.1. The highest BCUT2D eigenvalue weighted by Gasteiger charge is 2.07. The summed E-state index contributed by atoms with van der Waals surface area (Å²) in [4.78, 5) is 11.6. The van der Waals surface area contributed by atoms with Gasteiger partial charge in [0, 0.05) is 20.6 Å². The van der Waals surface area contributed by atoms with Gasteiger partial charge in [0.25, 0.3) is 0 Å². The fraction of sp³-hybridized carbons (Fsp3) is 0.938.